The normalized spacial score (nSPS) is 15.0. The van der Waals surface area contributed by atoms with Crippen molar-refractivity contribution in [3.8, 4) is 0 Å². The van der Waals surface area contributed by atoms with Gasteiger partial charge in [0, 0.05) is 18.3 Å². The van der Waals surface area contributed by atoms with Crippen molar-refractivity contribution in [3.05, 3.63) is 18.2 Å². The van der Waals surface area contributed by atoms with Gasteiger partial charge >= 0.3 is 5.97 Å². The predicted octanol–water partition coefficient (Wildman–Crippen LogP) is 2.43. The molecule has 0 spiro atoms. The molecule has 0 aliphatic carbocycles. The molecule has 102 valence electrons. The van der Waals surface area contributed by atoms with Gasteiger partial charge in [0.2, 0.25) is 0 Å². The largest absolute Gasteiger partial charge is 0.481 e. The molecule has 1 aromatic heterocycles. The van der Waals surface area contributed by atoms with Crippen molar-refractivity contribution in [3.63, 3.8) is 0 Å². The minimum Gasteiger partial charge on any atom is -0.481 e. The first-order valence-electron chi connectivity index (χ1n) is 6.45. The highest BCUT2D eigenvalue weighted by Gasteiger charge is 2.29. The number of carboxylic acids is 1. The summed E-state index contributed by atoms with van der Waals surface area (Å²) in [7, 11) is 0. The molecule has 1 rings (SSSR count). The highest BCUT2D eigenvalue weighted by atomic mass is 16.4. The van der Waals surface area contributed by atoms with Gasteiger partial charge in [-0.1, -0.05) is 6.92 Å². The second-order valence-corrected chi connectivity index (χ2v) is 4.91. The van der Waals surface area contributed by atoms with Gasteiger partial charge in [-0.25, -0.2) is 4.98 Å². The van der Waals surface area contributed by atoms with E-state index >= 15 is 0 Å². The predicted molar refractivity (Wildman–Crippen MR) is 70.3 cm³/mol. The number of aliphatic carboxylic acids is 1. The van der Waals surface area contributed by atoms with Gasteiger partial charge in [0.05, 0.1) is 24.5 Å². The lowest BCUT2D eigenvalue weighted by atomic mass is 10.0. The zero-order chi connectivity index (χ0) is 13.7. The molecule has 0 aliphatic rings. The van der Waals surface area contributed by atoms with E-state index < -0.39 is 5.97 Å². The maximum Gasteiger partial charge on any atom is 0.305 e. The maximum absolute atomic E-state index is 11.1. The van der Waals surface area contributed by atoms with Crippen LogP contribution in [0.3, 0.4) is 0 Å². The van der Waals surface area contributed by atoms with Gasteiger partial charge in [-0.2, -0.15) is 0 Å². The van der Waals surface area contributed by atoms with Crippen molar-refractivity contribution in [2.24, 2.45) is 0 Å². The monoisotopic (exact) mass is 253 g/mol. The van der Waals surface area contributed by atoms with Crippen molar-refractivity contribution in [2.45, 2.75) is 58.7 Å². The Morgan fingerprint density at radius 1 is 1.50 bits per heavy atom. The molecule has 0 saturated heterocycles. The summed E-state index contributed by atoms with van der Waals surface area (Å²) >= 11 is 0. The van der Waals surface area contributed by atoms with Crippen LogP contribution in [0.4, 0.5) is 0 Å². The number of H-pyrrole nitrogens is 1. The van der Waals surface area contributed by atoms with Gasteiger partial charge in [-0.3, -0.25) is 9.69 Å². The fourth-order valence-corrected chi connectivity index (χ4v) is 2.37. The van der Waals surface area contributed by atoms with Crippen LogP contribution in [0.15, 0.2) is 12.5 Å². The summed E-state index contributed by atoms with van der Waals surface area (Å²) in [5, 5.41) is 9.10. The Bertz CT molecular complexity index is 362. The summed E-state index contributed by atoms with van der Waals surface area (Å²) in [6.07, 6.45) is 4.44. The van der Waals surface area contributed by atoms with Crippen molar-refractivity contribution in [2.75, 3.05) is 0 Å². The molecule has 0 aromatic carbocycles. The number of aromatic amines is 1. The number of nitrogens with zero attached hydrogens (tertiary/aromatic N) is 2. The lowest BCUT2D eigenvalue weighted by Crippen LogP contribution is -2.42. The van der Waals surface area contributed by atoms with Crippen LogP contribution < -0.4 is 0 Å². The molecule has 0 bridgehead atoms. The highest BCUT2D eigenvalue weighted by Crippen LogP contribution is 2.28. The summed E-state index contributed by atoms with van der Waals surface area (Å²) in [5.74, 6) is -0.794. The number of aromatic nitrogens is 2. The quantitative estimate of drug-likeness (QED) is 0.783. The zero-order valence-electron chi connectivity index (χ0n) is 11.6. The first kappa shape index (κ1) is 14.7. The summed E-state index contributed by atoms with van der Waals surface area (Å²) in [6, 6.07) is 0.427. The number of imidazole rings is 1. The lowest BCUT2D eigenvalue weighted by molar-refractivity contribution is -0.139. The molecule has 5 nitrogen and oxygen atoms in total. The summed E-state index contributed by atoms with van der Waals surface area (Å²) in [5.41, 5.74) is 0.798. The molecule has 1 aromatic rings. The van der Waals surface area contributed by atoms with Crippen molar-refractivity contribution in [1.29, 1.82) is 0 Å². The second-order valence-electron chi connectivity index (χ2n) is 4.91. The zero-order valence-corrected chi connectivity index (χ0v) is 11.6. The van der Waals surface area contributed by atoms with Crippen molar-refractivity contribution < 1.29 is 9.90 Å². The van der Waals surface area contributed by atoms with Gasteiger partial charge < -0.3 is 10.1 Å². The fraction of sp³-hybridized carbons (Fsp3) is 0.692. The van der Waals surface area contributed by atoms with Gasteiger partial charge in [-0.05, 0) is 27.2 Å². The van der Waals surface area contributed by atoms with Gasteiger partial charge in [0.1, 0.15) is 0 Å². The first-order chi connectivity index (χ1) is 8.47. The van der Waals surface area contributed by atoms with E-state index in [0.29, 0.717) is 6.04 Å². The van der Waals surface area contributed by atoms with E-state index in [-0.39, 0.29) is 18.5 Å². The topological polar surface area (TPSA) is 69.2 Å². The molecular weight excluding hydrogens is 230 g/mol. The Hall–Kier alpha value is -1.36. The van der Waals surface area contributed by atoms with E-state index in [1.165, 1.54) is 0 Å². The molecule has 0 radical (unpaired) electrons. The molecule has 18 heavy (non-hydrogen) atoms. The molecule has 2 N–H and O–H groups in total. The van der Waals surface area contributed by atoms with Crippen molar-refractivity contribution >= 4 is 5.97 Å². The van der Waals surface area contributed by atoms with Crippen LogP contribution in [0.1, 0.15) is 52.3 Å². The molecule has 1 heterocycles. The van der Waals surface area contributed by atoms with E-state index in [1.54, 1.807) is 12.5 Å². The number of carbonyl (C=O) groups is 1. The van der Waals surface area contributed by atoms with E-state index in [1.807, 2.05) is 0 Å². The molecule has 0 fully saturated rings. The first-order valence-corrected chi connectivity index (χ1v) is 6.45. The van der Waals surface area contributed by atoms with E-state index in [9.17, 15) is 4.79 Å². The summed E-state index contributed by atoms with van der Waals surface area (Å²) in [6.45, 7) is 8.42. The number of nitrogens with one attached hydrogen (secondary N) is 1. The van der Waals surface area contributed by atoms with Gasteiger partial charge in [-0.15, -0.1) is 0 Å². The van der Waals surface area contributed by atoms with Crippen LogP contribution in [0.5, 0.6) is 0 Å². The second kappa shape index (κ2) is 6.54. The number of rotatable bonds is 7. The molecule has 0 amide bonds. The minimum atomic E-state index is -0.794. The van der Waals surface area contributed by atoms with E-state index in [0.717, 1.165) is 12.1 Å². The van der Waals surface area contributed by atoms with Crippen LogP contribution >= 0.6 is 0 Å². The summed E-state index contributed by atoms with van der Waals surface area (Å²) < 4.78 is 0. The average Bonchev–Trinajstić information content (AvgIpc) is 2.80. The standard InChI is InChI=1S/C13H23N3O2/c1-5-10(4)16(9(2)3)12(6-13(17)18)11-7-14-8-15-11/h7-10,12H,5-6H2,1-4H3,(H,14,15)(H,17,18). The number of hydrogen-bond acceptors (Lipinski definition) is 3. The Morgan fingerprint density at radius 3 is 2.56 bits per heavy atom. The molecule has 2 atom stereocenters. The molecule has 5 heteroatoms. The molecule has 0 aliphatic heterocycles. The van der Waals surface area contributed by atoms with E-state index in [2.05, 4.69) is 42.6 Å². The maximum atomic E-state index is 11.1. The third-order valence-corrected chi connectivity index (χ3v) is 3.28. The van der Waals surface area contributed by atoms with Gasteiger partial charge in [0.25, 0.3) is 0 Å². The smallest absolute Gasteiger partial charge is 0.305 e. The highest BCUT2D eigenvalue weighted by molar-refractivity contribution is 5.67. The fourth-order valence-electron chi connectivity index (χ4n) is 2.37. The third kappa shape index (κ3) is 3.57. The van der Waals surface area contributed by atoms with Crippen LogP contribution in [0.2, 0.25) is 0 Å². The van der Waals surface area contributed by atoms with Crippen LogP contribution in [0, 0.1) is 0 Å². The Balaban J connectivity index is 3.02. The number of carboxylic acid groups (broad SMARTS) is 1. The van der Waals surface area contributed by atoms with Crippen LogP contribution in [0.25, 0.3) is 0 Å². The Labute approximate surface area is 108 Å². The molecular formula is C13H23N3O2. The molecule has 2 unspecified atom stereocenters. The van der Waals surface area contributed by atoms with Crippen molar-refractivity contribution in [1.82, 2.24) is 14.9 Å². The third-order valence-electron chi connectivity index (χ3n) is 3.28. The minimum absolute atomic E-state index is 0.0768. The summed E-state index contributed by atoms with van der Waals surface area (Å²) in [4.78, 5) is 20.4. The lowest BCUT2D eigenvalue weighted by Gasteiger charge is -2.38. The Morgan fingerprint density at radius 2 is 2.17 bits per heavy atom. The Kier molecular flexibility index (Phi) is 5.34. The average molecular weight is 253 g/mol. The van der Waals surface area contributed by atoms with Crippen LogP contribution in [-0.2, 0) is 4.79 Å². The SMILES string of the molecule is CCC(C)N(C(C)C)C(CC(=O)O)c1c[nH]cn1. The van der Waals surface area contributed by atoms with E-state index in [4.69, 9.17) is 5.11 Å². The van der Waals surface area contributed by atoms with Crippen LogP contribution in [-0.4, -0.2) is 38.0 Å². The number of hydrogen-bond donors (Lipinski definition) is 2. The van der Waals surface area contributed by atoms with Gasteiger partial charge in [0.15, 0.2) is 0 Å². The molecule has 0 saturated carbocycles.